The lowest BCUT2D eigenvalue weighted by Gasteiger charge is -2.27. The zero-order valence-corrected chi connectivity index (χ0v) is 14.4. The van der Waals surface area contributed by atoms with Crippen molar-refractivity contribution in [2.75, 3.05) is 13.7 Å². The SMILES string of the molecule is COc1ccc(CN2[C@@H]3CC[C@H]2CNC(=O)C3)cc1Cn1cncn1. The fourth-order valence-electron chi connectivity index (χ4n) is 3.98. The number of carbonyl (C=O) groups excluding carboxylic acids is 1. The van der Waals surface area contributed by atoms with Crippen LogP contribution >= 0.6 is 0 Å². The standard InChI is InChI=1S/C18H23N5O2/c1-25-17-5-2-13(6-14(17)10-22-12-19-11-21-22)9-23-15-3-4-16(23)8-20-18(24)7-15/h2,5-6,11-12,15-16H,3-4,7-10H2,1H3,(H,20,24)/t15-,16+/m1/s1. The van der Waals surface area contributed by atoms with E-state index in [1.54, 1.807) is 18.1 Å². The third kappa shape index (κ3) is 3.37. The molecule has 2 bridgehead atoms. The van der Waals surface area contributed by atoms with Gasteiger partial charge in [-0.05, 0) is 30.5 Å². The molecule has 1 amide bonds. The Kier molecular flexibility index (Phi) is 4.40. The Balaban J connectivity index is 1.55. The first-order valence-corrected chi connectivity index (χ1v) is 8.73. The van der Waals surface area contributed by atoms with Crippen LogP contribution in [0.25, 0.3) is 0 Å². The maximum Gasteiger partial charge on any atom is 0.221 e. The molecule has 132 valence electrons. The smallest absolute Gasteiger partial charge is 0.221 e. The summed E-state index contributed by atoms with van der Waals surface area (Å²) in [6.45, 7) is 2.25. The Morgan fingerprint density at radius 3 is 2.96 bits per heavy atom. The van der Waals surface area contributed by atoms with E-state index in [1.165, 1.54) is 11.9 Å². The zero-order valence-electron chi connectivity index (χ0n) is 14.4. The highest BCUT2D eigenvalue weighted by Crippen LogP contribution is 2.31. The van der Waals surface area contributed by atoms with Crippen LogP contribution < -0.4 is 10.1 Å². The Labute approximate surface area is 147 Å². The molecule has 2 atom stereocenters. The van der Waals surface area contributed by atoms with Crippen LogP contribution in [0.3, 0.4) is 0 Å². The lowest BCUT2D eigenvalue weighted by molar-refractivity contribution is -0.121. The summed E-state index contributed by atoms with van der Waals surface area (Å²) in [5, 5.41) is 7.21. The lowest BCUT2D eigenvalue weighted by Crippen LogP contribution is -2.37. The van der Waals surface area contributed by atoms with E-state index in [4.69, 9.17) is 4.74 Å². The predicted octanol–water partition coefficient (Wildman–Crippen LogP) is 1.19. The van der Waals surface area contributed by atoms with Gasteiger partial charge in [0.15, 0.2) is 0 Å². The minimum atomic E-state index is 0.179. The number of hydrogen-bond donors (Lipinski definition) is 1. The third-order valence-electron chi connectivity index (χ3n) is 5.24. The highest BCUT2D eigenvalue weighted by Gasteiger charge is 2.37. The van der Waals surface area contributed by atoms with E-state index >= 15 is 0 Å². The topological polar surface area (TPSA) is 72.3 Å². The molecule has 2 aliphatic heterocycles. The number of hydrogen-bond acceptors (Lipinski definition) is 5. The number of carbonyl (C=O) groups is 1. The second-order valence-corrected chi connectivity index (χ2v) is 6.80. The van der Waals surface area contributed by atoms with Gasteiger partial charge in [0.25, 0.3) is 0 Å². The minimum absolute atomic E-state index is 0.179. The molecule has 7 heteroatoms. The molecule has 0 spiro atoms. The van der Waals surface area contributed by atoms with Crippen molar-refractivity contribution in [1.29, 1.82) is 0 Å². The van der Waals surface area contributed by atoms with Crippen molar-refractivity contribution in [2.24, 2.45) is 0 Å². The quantitative estimate of drug-likeness (QED) is 0.884. The lowest BCUT2D eigenvalue weighted by atomic mass is 10.1. The van der Waals surface area contributed by atoms with Gasteiger partial charge < -0.3 is 10.1 Å². The highest BCUT2D eigenvalue weighted by molar-refractivity contribution is 5.77. The molecule has 0 unspecified atom stereocenters. The summed E-state index contributed by atoms with van der Waals surface area (Å²) in [5.41, 5.74) is 2.32. The van der Waals surface area contributed by atoms with E-state index in [-0.39, 0.29) is 5.91 Å². The summed E-state index contributed by atoms with van der Waals surface area (Å²) < 4.78 is 7.29. The van der Waals surface area contributed by atoms with Crippen molar-refractivity contribution in [1.82, 2.24) is 25.0 Å². The molecule has 3 heterocycles. The first-order valence-electron chi connectivity index (χ1n) is 8.73. The Bertz CT molecular complexity index is 746. The number of ether oxygens (including phenoxy) is 1. The fraction of sp³-hybridized carbons (Fsp3) is 0.500. The van der Waals surface area contributed by atoms with Gasteiger partial charge in [0, 0.05) is 37.2 Å². The van der Waals surface area contributed by atoms with Crippen molar-refractivity contribution < 1.29 is 9.53 Å². The van der Waals surface area contributed by atoms with Crippen LogP contribution in [0.15, 0.2) is 30.9 Å². The molecule has 2 aliphatic rings. The first-order chi connectivity index (χ1) is 12.2. The summed E-state index contributed by atoms with van der Waals surface area (Å²) in [6.07, 6.45) is 6.12. The van der Waals surface area contributed by atoms with E-state index in [2.05, 4.69) is 32.4 Å². The molecule has 0 radical (unpaired) electrons. The monoisotopic (exact) mass is 341 g/mol. The molecule has 4 rings (SSSR count). The third-order valence-corrected chi connectivity index (χ3v) is 5.24. The molecule has 1 aromatic carbocycles. The van der Waals surface area contributed by atoms with Crippen molar-refractivity contribution in [3.8, 4) is 5.75 Å². The molecule has 2 aromatic rings. The first kappa shape index (κ1) is 16.1. The zero-order chi connectivity index (χ0) is 17.2. The number of fused-ring (bicyclic) bond motifs is 2. The molecule has 0 saturated carbocycles. The van der Waals surface area contributed by atoms with Crippen LogP contribution in [0, 0.1) is 0 Å². The fourth-order valence-corrected chi connectivity index (χ4v) is 3.98. The predicted molar refractivity (Wildman–Crippen MR) is 92.1 cm³/mol. The van der Waals surface area contributed by atoms with E-state index in [1.807, 2.05) is 6.07 Å². The molecule has 1 aromatic heterocycles. The van der Waals surface area contributed by atoms with Gasteiger partial charge >= 0.3 is 0 Å². The molecular weight excluding hydrogens is 318 g/mol. The van der Waals surface area contributed by atoms with Gasteiger partial charge in [0.2, 0.25) is 5.91 Å². The van der Waals surface area contributed by atoms with Gasteiger partial charge in [-0.3, -0.25) is 9.69 Å². The van der Waals surface area contributed by atoms with Gasteiger partial charge in [-0.1, -0.05) is 6.07 Å². The Morgan fingerprint density at radius 1 is 1.28 bits per heavy atom. The number of nitrogens with zero attached hydrogens (tertiary/aromatic N) is 4. The van der Waals surface area contributed by atoms with E-state index in [0.29, 0.717) is 25.0 Å². The normalized spacial score (nSPS) is 23.3. The van der Waals surface area contributed by atoms with Crippen molar-refractivity contribution in [3.05, 3.63) is 42.0 Å². The minimum Gasteiger partial charge on any atom is -0.496 e. The maximum absolute atomic E-state index is 11.8. The number of benzene rings is 1. The van der Waals surface area contributed by atoms with Crippen LogP contribution in [0.4, 0.5) is 0 Å². The number of amides is 1. The Hall–Kier alpha value is -2.41. The summed E-state index contributed by atoms with van der Waals surface area (Å²) in [7, 11) is 1.69. The highest BCUT2D eigenvalue weighted by atomic mass is 16.5. The van der Waals surface area contributed by atoms with Gasteiger partial charge in [-0.15, -0.1) is 0 Å². The molecule has 2 saturated heterocycles. The largest absolute Gasteiger partial charge is 0.496 e. The summed E-state index contributed by atoms with van der Waals surface area (Å²) >= 11 is 0. The van der Waals surface area contributed by atoms with Gasteiger partial charge in [0.05, 0.1) is 13.7 Å². The molecule has 2 fully saturated rings. The van der Waals surface area contributed by atoms with E-state index in [0.717, 1.165) is 37.2 Å². The second-order valence-electron chi connectivity index (χ2n) is 6.80. The van der Waals surface area contributed by atoms with Crippen LogP contribution in [-0.4, -0.2) is 51.3 Å². The average Bonchev–Trinajstić information content (AvgIpc) is 3.20. The van der Waals surface area contributed by atoms with E-state index < -0.39 is 0 Å². The summed E-state index contributed by atoms with van der Waals surface area (Å²) in [6, 6.07) is 7.11. The maximum atomic E-state index is 11.8. The number of rotatable bonds is 5. The molecule has 7 nitrogen and oxygen atoms in total. The van der Waals surface area contributed by atoms with Crippen molar-refractivity contribution >= 4 is 5.91 Å². The average molecular weight is 341 g/mol. The van der Waals surface area contributed by atoms with Crippen molar-refractivity contribution in [3.63, 3.8) is 0 Å². The number of nitrogens with one attached hydrogen (secondary N) is 1. The van der Waals surface area contributed by atoms with Crippen LogP contribution in [-0.2, 0) is 17.9 Å². The molecule has 1 N–H and O–H groups in total. The van der Waals surface area contributed by atoms with Crippen LogP contribution in [0.2, 0.25) is 0 Å². The Morgan fingerprint density at radius 2 is 2.16 bits per heavy atom. The molecular formula is C18H23N5O2. The van der Waals surface area contributed by atoms with Gasteiger partial charge in [0.1, 0.15) is 18.4 Å². The van der Waals surface area contributed by atoms with Crippen LogP contribution in [0.5, 0.6) is 5.75 Å². The van der Waals surface area contributed by atoms with Crippen LogP contribution in [0.1, 0.15) is 30.4 Å². The van der Waals surface area contributed by atoms with Gasteiger partial charge in [-0.25, -0.2) is 9.67 Å². The summed E-state index contributed by atoms with van der Waals surface area (Å²) in [4.78, 5) is 18.3. The van der Waals surface area contributed by atoms with E-state index in [9.17, 15) is 4.79 Å². The molecule has 25 heavy (non-hydrogen) atoms. The number of methoxy groups -OCH3 is 1. The molecule has 0 aliphatic carbocycles. The van der Waals surface area contributed by atoms with Crippen molar-refractivity contribution in [2.45, 2.75) is 44.4 Å². The number of aromatic nitrogens is 3. The van der Waals surface area contributed by atoms with Gasteiger partial charge in [-0.2, -0.15) is 5.10 Å². The summed E-state index contributed by atoms with van der Waals surface area (Å²) in [5.74, 6) is 1.04. The second kappa shape index (κ2) is 6.84.